The fraction of sp³-hybridized carbons (Fsp3) is 0.182. The fourth-order valence-electron chi connectivity index (χ4n) is 1.35. The molecule has 0 bridgehead atoms. The first-order chi connectivity index (χ1) is 6.66. The lowest BCUT2D eigenvalue weighted by Crippen LogP contribution is -1.98. The quantitative estimate of drug-likeness (QED) is 0.676. The van der Waals surface area contributed by atoms with E-state index < -0.39 is 0 Å². The van der Waals surface area contributed by atoms with Crippen LogP contribution in [-0.4, -0.2) is 9.55 Å². The second-order valence-corrected chi connectivity index (χ2v) is 3.41. The number of rotatable bonds is 1. The average Bonchev–Trinajstić information content (AvgIpc) is 2.51. The van der Waals surface area contributed by atoms with Gasteiger partial charge in [0, 0.05) is 18.6 Å². The Morgan fingerprint density at radius 2 is 2.07 bits per heavy atom. The number of hydrogen-bond acceptors (Lipinski definition) is 1. The molecule has 2 aromatic heterocycles. The Morgan fingerprint density at radius 3 is 2.64 bits per heavy atom. The van der Waals surface area contributed by atoms with E-state index in [9.17, 15) is 4.39 Å². The molecule has 0 spiro atoms. The van der Waals surface area contributed by atoms with Crippen LogP contribution in [0.1, 0.15) is 11.1 Å². The SMILES string of the molecule is Cc1cnc(-n2ccc(C)c2)c(F)c1. The summed E-state index contributed by atoms with van der Waals surface area (Å²) in [7, 11) is 0. The molecule has 2 nitrogen and oxygen atoms in total. The van der Waals surface area contributed by atoms with E-state index in [-0.39, 0.29) is 5.82 Å². The highest BCUT2D eigenvalue weighted by atomic mass is 19.1. The number of aromatic nitrogens is 2. The van der Waals surface area contributed by atoms with Crippen LogP contribution in [0.25, 0.3) is 5.82 Å². The third-order valence-electron chi connectivity index (χ3n) is 2.04. The zero-order valence-corrected chi connectivity index (χ0v) is 8.16. The predicted molar refractivity (Wildman–Crippen MR) is 53.0 cm³/mol. The summed E-state index contributed by atoms with van der Waals surface area (Å²) in [5.74, 6) is 0.0595. The van der Waals surface area contributed by atoms with E-state index >= 15 is 0 Å². The molecule has 0 saturated heterocycles. The van der Waals surface area contributed by atoms with Crippen LogP contribution < -0.4 is 0 Å². The molecule has 0 amide bonds. The summed E-state index contributed by atoms with van der Waals surface area (Å²) in [5.41, 5.74) is 1.92. The molecule has 0 fully saturated rings. The standard InChI is InChI=1S/C11H11FN2/c1-8-3-4-14(7-8)11-10(12)5-9(2)6-13-11/h3-7H,1-2H3. The molecule has 0 atom stereocenters. The summed E-state index contributed by atoms with van der Waals surface area (Å²) in [5, 5.41) is 0. The number of halogens is 1. The van der Waals surface area contributed by atoms with E-state index in [2.05, 4.69) is 4.98 Å². The molecule has 2 aromatic rings. The van der Waals surface area contributed by atoms with E-state index in [4.69, 9.17) is 0 Å². The van der Waals surface area contributed by atoms with Crippen LogP contribution in [0.4, 0.5) is 4.39 Å². The normalized spacial score (nSPS) is 10.5. The van der Waals surface area contributed by atoms with Gasteiger partial charge in [0.2, 0.25) is 0 Å². The van der Waals surface area contributed by atoms with Crippen molar-refractivity contribution in [3.8, 4) is 5.82 Å². The van der Waals surface area contributed by atoms with Crippen LogP contribution in [0.2, 0.25) is 0 Å². The molecule has 3 heteroatoms. The molecular weight excluding hydrogens is 179 g/mol. The third kappa shape index (κ3) is 1.53. The Morgan fingerprint density at radius 1 is 1.29 bits per heavy atom. The number of nitrogens with zero attached hydrogens (tertiary/aromatic N) is 2. The molecule has 0 aliphatic rings. The highest BCUT2D eigenvalue weighted by molar-refractivity contribution is 5.29. The van der Waals surface area contributed by atoms with E-state index in [1.165, 1.54) is 6.07 Å². The van der Waals surface area contributed by atoms with Gasteiger partial charge in [0.1, 0.15) is 0 Å². The van der Waals surface area contributed by atoms with Gasteiger partial charge in [-0.15, -0.1) is 0 Å². The van der Waals surface area contributed by atoms with Crippen LogP contribution in [-0.2, 0) is 0 Å². The fourth-order valence-corrected chi connectivity index (χ4v) is 1.35. The number of aryl methyl sites for hydroxylation is 2. The van der Waals surface area contributed by atoms with Crippen LogP contribution in [0.5, 0.6) is 0 Å². The molecule has 0 aliphatic carbocycles. The molecule has 0 radical (unpaired) electrons. The lowest BCUT2D eigenvalue weighted by Gasteiger charge is -2.03. The van der Waals surface area contributed by atoms with Gasteiger partial charge in [-0.2, -0.15) is 0 Å². The van der Waals surface area contributed by atoms with Gasteiger partial charge in [0.05, 0.1) is 0 Å². The maximum Gasteiger partial charge on any atom is 0.173 e. The van der Waals surface area contributed by atoms with Crippen LogP contribution >= 0.6 is 0 Å². The largest absolute Gasteiger partial charge is 0.306 e. The summed E-state index contributed by atoms with van der Waals surface area (Å²) < 4.78 is 15.1. The molecular formula is C11H11FN2. The first kappa shape index (κ1) is 8.94. The summed E-state index contributed by atoms with van der Waals surface area (Å²) >= 11 is 0. The van der Waals surface area contributed by atoms with Gasteiger partial charge in [0.25, 0.3) is 0 Å². The Kier molecular flexibility index (Phi) is 2.08. The van der Waals surface area contributed by atoms with Crippen molar-refractivity contribution >= 4 is 0 Å². The maximum atomic E-state index is 13.5. The molecule has 2 rings (SSSR count). The Hall–Kier alpha value is -1.64. The van der Waals surface area contributed by atoms with Gasteiger partial charge < -0.3 is 4.57 Å². The summed E-state index contributed by atoms with van der Waals surface area (Å²) in [6.45, 7) is 3.78. The van der Waals surface area contributed by atoms with E-state index in [0.717, 1.165) is 11.1 Å². The summed E-state index contributed by atoms with van der Waals surface area (Å²) in [4.78, 5) is 4.05. The molecule has 0 saturated carbocycles. The van der Waals surface area contributed by atoms with Crippen molar-refractivity contribution in [3.05, 3.63) is 47.7 Å². The maximum absolute atomic E-state index is 13.5. The monoisotopic (exact) mass is 190 g/mol. The Labute approximate surface area is 82.0 Å². The molecule has 14 heavy (non-hydrogen) atoms. The van der Waals surface area contributed by atoms with Crippen molar-refractivity contribution in [2.75, 3.05) is 0 Å². The van der Waals surface area contributed by atoms with Crippen molar-refractivity contribution in [2.45, 2.75) is 13.8 Å². The van der Waals surface area contributed by atoms with Crippen molar-refractivity contribution in [2.24, 2.45) is 0 Å². The van der Waals surface area contributed by atoms with Gasteiger partial charge in [-0.3, -0.25) is 0 Å². The number of pyridine rings is 1. The van der Waals surface area contributed by atoms with Crippen molar-refractivity contribution in [1.82, 2.24) is 9.55 Å². The van der Waals surface area contributed by atoms with E-state index in [0.29, 0.717) is 5.82 Å². The molecule has 0 N–H and O–H groups in total. The van der Waals surface area contributed by atoms with Gasteiger partial charge in [-0.25, -0.2) is 9.37 Å². The Balaban J connectivity index is 2.52. The lowest BCUT2D eigenvalue weighted by atomic mass is 10.3. The van der Waals surface area contributed by atoms with Crippen molar-refractivity contribution in [1.29, 1.82) is 0 Å². The predicted octanol–water partition coefficient (Wildman–Crippen LogP) is 2.63. The zero-order valence-electron chi connectivity index (χ0n) is 8.16. The minimum absolute atomic E-state index is 0.291. The molecule has 72 valence electrons. The van der Waals surface area contributed by atoms with Gasteiger partial charge in [-0.05, 0) is 37.1 Å². The van der Waals surface area contributed by atoms with Gasteiger partial charge in [-0.1, -0.05) is 0 Å². The molecule has 0 aromatic carbocycles. The average molecular weight is 190 g/mol. The first-order valence-electron chi connectivity index (χ1n) is 4.44. The second-order valence-electron chi connectivity index (χ2n) is 3.41. The smallest absolute Gasteiger partial charge is 0.173 e. The third-order valence-corrected chi connectivity index (χ3v) is 2.04. The van der Waals surface area contributed by atoms with Gasteiger partial charge in [0.15, 0.2) is 11.6 Å². The highest BCUT2D eigenvalue weighted by Gasteiger charge is 2.05. The zero-order chi connectivity index (χ0) is 10.1. The Bertz CT molecular complexity index is 460. The molecule has 0 unspecified atom stereocenters. The van der Waals surface area contributed by atoms with E-state index in [1.807, 2.05) is 26.1 Å². The molecule has 2 heterocycles. The van der Waals surface area contributed by atoms with E-state index in [1.54, 1.807) is 17.0 Å². The number of hydrogen-bond donors (Lipinski definition) is 0. The van der Waals surface area contributed by atoms with Crippen LogP contribution in [0, 0.1) is 19.7 Å². The van der Waals surface area contributed by atoms with Gasteiger partial charge >= 0.3 is 0 Å². The lowest BCUT2D eigenvalue weighted by molar-refractivity contribution is 0.608. The minimum atomic E-state index is -0.291. The van der Waals surface area contributed by atoms with Crippen LogP contribution in [0.3, 0.4) is 0 Å². The van der Waals surface area contributed by atoms with Crippen molar-refractivity contribution < 1.29 is 4.39 Å². The summed E-state index contributed by atoms with van der Waals surface area (Å²) in [6, 6.07) is 3.40. The molecule has 0 aliphatic heterocycles. The minimum Gasteiger partial charge on any atom is -0.306 e. The topological polar surface area (TPSA) is 17.8 Å². The highest BCUT2D eigenvalue weighted by Crippen LogP contribution is 2.12. The van der Waals surface area contributed by atoms with Crippen molar-refractivity contribution in [3.63, 3.8) is 0 Å². The summed E-state index contributed by atoms with van der Waals surface area (Å²) in [6.07, 6.45) is 5.31. The van der Waals surface area contributed by atoms with Crippen LogP contribution in [0.15, 0.2) is 30.7 Å². The first-order valence-corrected chi connectivity index (χ1v) is 4.44. The second kappa shape index (κ2) is 3.25.